The lowest BCUT2D eigenvalue weighted by Gasteiger charge is -2.29. The molecule has 0 aliphatic carbocycles. The molecule has 1 fully saturated rings. The maximum atomic E-state index is 3.50. The third kappa shape index (κ3) is 2.94. The van der Waals surface area contributed by atoms with E-state index in [0.29, 0.717) is 0 Å². The first-order chi connectivity index (χ1) is 9.36. The quantitative estimate of drug-likeness (QED) is 0.887. The highest BCUT2D eigenvalue weighted by atomic mass is 15.2. The van der Waals surface area contributed by atoms with Gasteiger partial charge in [-0.15, -0.1) is 0 Å². The number of hydrogen-bond donors (Lipinski definition) is 1. The molecule has 0 radical (unpaired) electrons. The van der Waals surface area contributed by atoms with Gasteiger partial charge in [0.25, 0.3) is 0 Å². The van der Waals surface area contributed by atoms with E-state index in [2.05, 4.69) is 35.3 Å². The molecule has 2 nitrogen and oxygen atoms in total. The van der Waals surface area contributed by atoms with E-state index in [0.717, 1.165) is 19.1 Å². The number of benzene rings is 1. The molecule has 2 aliphatic heterocycles. The van der Waals surface area contributed by atoms with Gasteiger partial charge in [-0.3, -0.25) is 4.90 Å². The van der Waals surface area contributed by atoms with Gasteiger partial charge in [0.15, 0.2) is 0 Å². The largest absolute Gasteiger partial charge is 0.384 e. The van der Waals surface area contributed by atoms with Gasteiger partial charge in [-0.1, -0.05) is 31.9 Å². The normalized spacial score (nSPS) is 23.7. The lowest BCUT2D eigenvalue weighted by molar-refractivity contribution is 0.186. The van der Waals surface area contributed by atoms with Gasteiger partial charge in [0.2, 0.25) is 0 Å². The third-order valence-corrected chi connectivity index (χ3v) is 4.74. The number of hydrogen-bond acceptors (Lipinski definition) is 2. The first-order valence-electron chi connectivity index (χ1n) is 7.96. The lowest BCUT2D eigenvalue weighted by Crippen LogP contribution is -2.33. The molecule has 0 amide bonds. The van der Waals surface area contributed by atoms with Crippen molar-refractivity contribution in [3.05, 3.63) is 29.3 Å². The predicted molar refractivity (Wildman–Crippen MR) is 81.6 cm³/mol. The molecule has 2 heteroatoms. The van der Waals surface area contributed by atoms with Gasteiger partial charge in [0.1, 0.15) is 0 Å². The zero-order valence-electron chi connectivity index (χ0n) is 12.1. The van der Waals surface area contributed by atoms with Crippen LogP contribution in [0.2, 0.25) is 0 Å². The summed E-state index contributed by atoms with van der Waals surface area (Å²) in [4.78, 5) is 2.71. The molecule has 0 bridgehead atoms. The van der Waals surface area contributed by atoms with Crippen LogP contribution in [0, 0.1) is 0 Å². The van der Waals surface area contributed by atoms with E-state index in [4.69, 9.17) is 0 Å². The Morgan fingerprint density at radius 3 is 3.11 bits per heavy atom. The summed E-state index contributed by atoms with van der Waals surface area (Å²) in [6.07, 6.45) is 8.08. The van der Waals surface area contributed by atoms with Crippen molar-refractivity contribution in [1.29, 1.82) is 0 Å². The van der Waals surface area contributed by atoms with Crippen molar-refractivity contribution in [2.45, 2.75) is 58.0 Å². The van der Waals surface area contributed by atoms with Gasteiger partial charge in [-0.05, 0) is 49.4 Å². The Morgan fingerprint density at radius 2 is 2.21 bits per heavy atom. The van der Waals surface area contributed by atoms with E-state index < -0.39 is 0 Å². The van der Waals surface area contributed by atoms with E-state index in [9.17, 15) is 0 Å². The van der Waals surface area contributed by atoms with Crippen molar-refractivity contribution in [2.24, 2.45) is 0 Å². The topological polar surface area (TPSA) is 15.3 Å². The molecule has 2 heterocycles. The van der Waals surface area contributed by atoms with Gasteiger partial charge in [0, 0.05) is 24.8 Å². The maximum absolute atomic E-state index is 3.50. The van der Waals surface area contributed by atoms with E-state index in [1.807, 2.05) is 0 Å². The average molecular weight is 258 g/mol. The molecule has 1 atom stereocenters. The van der Waals surface area contributed by atoms with Crippen molar-refractivity contribution in [2.75, 3.05) is 18.4 Å². The zero-order valence-corrected chi connectivity index (χ0v) is 12.1. The van der Waals surface area contributed by atoms with Crippen LogP contribution >= 0.6 is 0 Å². The Kier molecular flexibility index (Phi) is 4.07. The number of rotatable bonds is 3. The fraction of sp³-hybridized carbons (Fsp3) is 0.647. The van der Waals surface area contributed by atoms with Gasteiger partial charge in [-0.2, -0.15) is 0 Å². The Labute approximate surface area is 117 Å². The highest BCUT2D eigenvalue weighted by Gasteiger charge is 2.20. The summed E-state index contributed by atoms with van der Waals surface area (Å²) in [6.45, 7) is 5.86. The number of nitrogens with zero attached hydrogens (tertiary/aromatic N) is 1. The highest BCUT2D eigenvalue weighted by Crippen LogP contribution is 2.26. The van der Waals surface area contributed by atoms with Crippen LogP contribution in [0.25, 0.3) is 0 Å². The van der Waals surface area contributed by atoms with Crippen LogP contribution in [0.3, 0.4) is 0 Å². The second kappa shape index (κ2) is 5.96. The molecular weight excluding hydrogens is 232 g/mol. The Morgan fingerprint density at radius 1 is 1.26 bits per heavy atom. The lowest BCUT2D eigenvalue weighted by atomic mass is 10.1. The van der Waals surface area contributed by atoms with Crippen LogP contribution in [-0.2, 0) is 13.0 Å². The van der Waals surface area contributed by atoms with Crippen molar-refractivity contribution >= 4 is 5.69 Å². The molecule has 1 aromatic rings. The second-order valence-electron chi connectivity index (χ2n) is 6.05. The average Bonchev–Trinajstić information content (AvgIpc) is 2.78. The molecule has 1 saturated heterocycles. The van der Waals surface area contributed by atoms with Crippen LogP contribution < -0.4 is 5.32 Å². The predicted octanol–water partition coefficient (Wildman–Crippen LogP) is 3.81. The molecule has 0 saturated carbocycles. The first kappa shape index (κ1) is 13.0. The summed E-state index contributed by atoms with van der Waals surface area (Å²) in [5.74, 6) is 0. The van der Waals surface area contributed by atoms with E-state index >= 15 is 0 Å². The number of nitrogens with one attached hydrogen (secondary N) is 1. The van der Waals surface area contributed by atoms with Crippen LogP contribution in [0.15, 0.2) is 18.2 Å². The second-order valence-corrected chi connectivity index (χ2v) is 6.05. The third-order valence-electron chi connectivity index (χ3n) is 4.74. The molecular formula is C17H26N2. The standard InChI is InChI=1S/C17H26N2/c1-2-16-6-4-3-5-11-19(16)13-14-7-8-15-9-10-18-17(15)12-14/h7-8,12,16,18H,2-6,9-11,13H2,1H3. The van der Waals surface area contributed by atoms with Crippen molar-refractivity contribution in [1.82, 2.24) is 4.90 Å². The van der Waals surface area contributed by atoms with Gasteiger partial charge >= 0.3 is 0 Å². The molecule has 1 N–H and O–H groups in total. The highest BCUT2D eigenvalue weighted by molar-refractivity contribution is 5.57. The van der Waals surface area contributed by atoms with E-state index in [1.54, 1.807) is 0 Å². The number of anilines is 1. The first-order valence-corrected chi connectivity index (χ1v) is 7.96. The smallest absolute Gasteiger partial charge is 0.0376 e. The summed E-state index contributed by atoms with van der Waals surface area (Å²) >= 11 is 0. The fourth-order valence-electron chi connectivity index (χ4n) is 3.58. The molecule has 104 valence electrons. The Bertz CT molecular complexity index is 427. The van der Waals surface area contributed by atoms with E-state index in [-0.39, 0.29) is 0 Å². The van der Waals surface area contributed by atoms with Gasteiger partial charge in [0.05, 0.1) is 0 Å². The van der Waals surface area contributed by atoms with Gasteiger partial charge in [-0.25, -0.2) is 0 Å². The summed E-state index contributed by atoms with van der Waals surface area (Å²) in [5, 5.41) is 3.50. The summed E-state index contributed by atoms with van der Waals surface area (Å²) < 4.78 is 0. The molecule has 0 aromatic heterocycles. The van der Waals surface area contributed by atoms with Crippen LogP contribution in [0.1, 0.15) is 50.2 Å². The SMILES string of the molecule is CCC1CCCCCN1Cc1ccc2c(c1)NCC2. The summed E-state index contributed by atoms with van der Waals surface area (Å²) in [5.41, 5.74) is 4.35. The fourth-order valence-corrected chi connectivity index (χ4v) is 3.58. The monoisotopic (exact) mass is 258 g/mol. The minimum atomic E-state index is 0.795. The van der Waals surface area contributed by atoms with Crippen LogP contribution in [-0.4, -0.2) is 24.0 Å². The minimum Gasteiger partial charge on any atom is -0.384 e. The minimum absolute atomic E-state index is 0.795. The van der Waals surface area contributed by atoms with Gasteiger partial charge < -0.3 is 5.32 Å². The number of likely N-dealkylation sites (tertiary alicyclic amines) is 1. The zero-order chi connectivity index (χ0) is 13.1. The Hall–Kier alpha value is -1.02. The molecule has 3 rings (SSSR count). The van der Waals surface area contributed by atoms with E-state index in [1.165, 1.54) is 61.9 Å². The van der Waals surface area contributed by atoms with Crippen molar-refractivity contribution in [3.8, 4) is 0 Å². The summed E-state index contributed by atoms with van der Waals surface area (Å²) in [6, 6.07) is 7.83. The Balaban J connectivity index is 1.72. The van der Waals surface area contributed by atoms with Crippen LogP contribution in [0.5, 0.6) is 0 Å². The molecule has 19 heavy (non-hydrogen) atoms. The van der Waals surface area contributed by atoms with Crippen LogP contribution in [0.4, 0.5) is 5.69 Å². The molecule has 1 unspecified atom stereocenters. The summed E-state index contributed by atoms with van der Waals surface area (Å²) in [7, 11) is 0. The maximum Gasteiger partial charge on any atom is 0.0376 e. The molecule has 0 spiro atoms. The molecule has 1 aromatic carbocycles. The molecule has 2 aliphatic rings. The number of fused-ring (bicyclic) bond motifs is 1. The van der Waals surface area contributed by atoms with Crippen molar-refractivity contribution in [3.63, 3.8) is 0 Å². The van der Waals surface area contributed by atoms with Crippen molar-refractivity contribution < 1.29 is 0 Å².